The number of fused-ring (bicyclic) bond motifs is 3. The molecule has 1 aromatic carbocycles. The Morgan fingerprint density at radius 2 is 2.04 bits per heavy atom. The van der Waals surface area contributed by atoms with E-state index in [1.54, 1.807) is 31.0 Å². The lowest BCUT2D eigenvalue weighted by molar-refractivity contribution is 0.0517. The molecule has 0 bridgehead atoms. The molecular formula is C20H19N3O3. The maximum absolute atomic E-state index is 12.4. The number of carbonyl (C=O) groups excluding carboxylic acids is 1. The lowest BCUT2D eigenvalue weighted by Crippen LogP contribution is -2.10. The van der Waals surface area contributed by atoms with Crippen LogP contribution in [0.5, 0.6) is 5.88 Å². The minimum absolute atomic E-state index is 0.321. The molecule has 6 heteroatoms. The van der Waals surface area contributed by atoms with Crippen LogP contribution in [-0.4, -0.2) is 34.5 Å². The van der Waals surface area contributed by atoms with E-state index in [1.807, 2.05) is 18.2 Å². The van der Waals surface area contributed by atoms with Crippen LogP contribution in [0.3, 0.4) is 0 Å². The number of pyridine rings is 1. The molecule has 0 radical (unpaired) electrons. The molecule has 1 aliphatic rings. The molecule has 0 saturated heterocycles. The predicted octanol–water partition coefficient (Wildman–Crippen LogP) is 3.22. The first-order valence-corrected chi connectivity index (χ1v) is 8.60. The van der Waals surface area contributed by atoms with Gasteiger partial charge in [0.05, 0.1) is 31.3 Å². The third-order valence-corrected chi connectivity index (χ3v) is 4.54. The number of methoxy groups -OCH3 is 1. The van der Waals surface area contributed by atoms with E-state index < -0.39 is 0 Å². The molecule has 132 valence electrons. The Bertz CT molecular complexity index is 961. The third-order valence-electron chi connectivity index (χ3n) is 4.54. The van der Waals surface area contributed by atoms with Crippen molar-refractivity contribution in [2.45, 2.75) is 19.8 Å². The van der Waals surface area contributed by atoms with Crippen LogP contribution in [0.2, 0.25) is 0 Å². The fourth-order valence-electron chi connectivity index (χ4n) is 3.36. The minimum atomic E-state index is -0.386. The largest absolute Gasteiger partial charge is 0.481 e. The van der Waals surface area contributed by atoms with E-state index in [9.17, 15) is 4.79 Å². The van der Waals surface area contributed by atoms with Gasteiger partial charge in [-0.15, -0.1) is 0 Å². The van der Waals surface area contributed by atoms with Gasteiger partial charge in [-0.25, -0.2) is 14.5 Å². The molecule has 2 heterocycles. The quantitative estimate of drug-likeness (QED) is 0.677. The molecule has 0 spiro atoms. The zero-order chi connectivity index (χ0) is 18.1. The second-order valence-electron chi connectivity index (χ2n) is 6.02. The normalized spacial score (nSPS) is 12.2. The van der Waals surface area contributed by atoms with Crippen molar-refractivity contribution in [1.82, 2.24) is 14.8 Å². The Morgan fingerprint density at radius 3 is 2.77 bits per heavy atom. The molecule has 0 atom stereocenters. The smallest absolute Gasteiger partial charge is 0.359 e. The van der Waals surface area contributed by atoms with Crippen molar-refractivity contribution >= 4 is 5.97 Å². The summed E-state index contributed by atoms with van der Waals surface area (Å²) in [5.41, 5.74) is 5.35. The predicted molar refractivity (Wildman–Crippen MR) is 96.7 cm³/mol. The van der Waals surface area contributed by atoms with E-state index in [-0.39, 0.29) is 5.97 Å². The van der Waals surface area contributed by atoms with Crippen molar-refractivity contribution in [1.29, 1.82) is 0 Å². The van der Waals surface area contributed by atoms with E-state index in [0.29, 0.717) is 18.2 Å². The van der Waals surface area contributed by atoms with E-state index in [0.717, 1.165) is 35.3 Å². The van der Waals surface area contributed by atoms with Crippen LogP contribution in [0, 0.1) is 0 Å². The molecule has 3 aromatic rings. The number of rotatable bonds is 4. The number of carbonyl (C=O) groups is 1. The summed E-state index contributed by atoms with van der Waals surface area (Å²) in [5, 5.41) is 4.60. The van der Waals surface area contributed by atoms with Gasteiger partial charge >= 0.3 is 5.97 Å². The summed E-state index contributed by atoms with van der Waals surface area (Å²) in [6.07, 6.45) is 3.32. The van der Waals surface area contributed by atoms with Gasteiger partial charge in [-0.3, -0.25) is 0 Å². The fourth-order valence-corrected chi connectivity index (χ4v) is 3.36. The topological polar surface area (TPSA) is 66.2 Å². The number of esters is 1. The lowest BCUT2D eigenvalue weighted by Gasteiger charge is -2.18. The lowest BCUT2D eigenvalue weighted by atomic mass is 9.89. The van der Waals surface area contributed by atoms with Gasteiger partial charge in [0.2, 0.25) is 5.88 Å². The highest BCUT2D eigenvalue weighted by Gasteiger charge is 2.29. The molecule has 2 aromatic heterocycles. The number of aryl methyl sites for hydroxylation is 1. The summed E-state index contributed by atoms with van der Waals surface area (Å²) in [4.78, 5) is 16.7. The molecule has 0 N–H and O–H groups in total. The molecule has 26 heavy (non-hydrogen) atoms. The minimum Gasteiger partial charge on any atom is -0.481 e. The number of aromatic nitrogens is 3. The Balaban J connectivity index is 1.92. The van der Waals surface area contributed by atoms with E-state index >= 15 is 0 Å². The van der Waals surface area contributed by atoms with Crippen molar-refractivity contribution in [3.8, 4) is 22.8 Å². The van der Waals surface area contributed by atoms with Gasteiger partial charge in [-0.1, -0.05) is 24.3 Å². The van der Waals surface area contributed by atoms with Crippen molar-refractivity contribution < 1.29 is 14.3 Å². The summed E-state index contributed by atoms with van der Waals surface area (Å²) in [6, 6.07) is 11.9. The molecular weight excluding hydrogens is 330 g/mol. The van der Waals surface area contributed by atoms with Crippen LogP contribution in [0.1, 0.15) is 28.5 Å². The van der Waals surface area contributed by atoms with E-state index in [4.69, 9.17) is 9.47 Å². The average molecular weight is 349 g/mol. The SMILES string of the molecule is CCOC(=O)c1nn(-c2ccc(OC)nc2)c2c1CCc1ccccc1-2. The van der Waals surface area contributed by atoms with Crippen LogP contribution in [-0.2, 0) is 17.6 Å². The summed E-state index contributed by atoms with van der Waals surface area (Å²) in [5.74, 6) is 0.143. The Hall–Kier alpha value is -3.15. The van der Waals surface area contributed by atoms with Gasteiger partial charge in [0.1, 0.15) is 0 Å². The van der Waals surface area contributed by atoms with Crippen LogP contribution in [0.15, 0.2) is 42.6 Å². The molecule has 0 fully saturated rings. The summed E-state index contributed by atoms with van der Waals surface area (Å²) in [7, 11) is 1.58. The monoisotopic (exact) mass is 349 g/mol. The van der Waals surface area contributed by atoms with Crippen molar-refractivity contribution in [3.05, 3.63) is 59.4 Å². The van der Waals surface area contributed by atoms with Gasteiger partial charge in [0.25, 0.3) is 0 Å². The Labute approximate surface area is 151 Å². The van der Waals surface area contributed by atoms with Crippen molar-refractivity contribution in [3.63, 3.8) is 0 Å². The first-order chi connectivity index (χ1) is 12.7. The average Bonchev–Trinajstić information content (AvgIpc) is 3.08. The number of hydrogen-bond donors (Lipinski definition) is 0. The van der Waals surface area contributed by atoms with Crippen LogP contribution in [0.25, 0.3) is 16.9 Å². The summed E-state index contributed by atoms with van der Waals surface area (Å²) >= 11 is 0. The highest BCUT2D eigenvalue weighted by molar-refractivity contribution is 5.92. The van der Waals surface area contributed by atoms with Crippen LogP contribution in [0.4, 0.5) is 0 Å². The molecule has 0 unspecified atom stereocenters. The third kappa shape index (κ3) is 2.63. The maximum Gasteiger partial charge on any atom is 0.359 e. The second-order valence-corrected chi connectivity index (χ2v) is 6.02. The number of nitrogens with zero attached hydrogens (tertiary/aromatic N) is 3. The molecule has 4 rings (SSSR count). The first-order valence-electron chi connectivity index (χ1n) is 8.60. The molecule has 6 nitrogen and oxygen atoms in total. The van der Waals surface area contributed by atoms with E-state index in [2.05, 4.69) is 22.2 Å². The summed E-state index contributed by atoms with van der Waals surface area (Å²) in [6.45, 7) is 2.12. The highest BCUT2D eigenvalue weighted by atomic mass is 16.5. The Morgan fingerprint density at radius 1 is 1.19 bits per heavy atom. The van der Waals surface area contributed by atoms with E-state index in [1.165, 1.54) is 5.56 Å². The van der Waals surface area contributed by atoms with Crippen molar-refractivity contribution in [2.24, 2.45) is 0 Å². The first kappa shape index (κ1) is 16.3. The standard InChI is InChI=1S/C20H19N3O3/c1-3-26-20(24)18-16-10-8-13-6-4-5-7-15(13)19(16)23(22-18)14-9-11-17(25-2)21-12-14/h4-7,9,11-12H,3,8,10H2,1-2H3. The highest BCUT2D eigenvalue weighted by Crippen LogP contribution is 2.37. The fraction of sp³-hybridized carbons (Fsp3) is 0.250. The maximum atomic E-state index is 12.4. The molecule has 0 saturated carbocycles. The number of hydrogen-bond acceptors (Lipinski definition) is 5. The number of ether oxygens (including phenoxy) is 2. The van der Waals surface area contributed by atoms with Crippen LogP contribution >= 0.6 is 0 Å². The molecule has 0 amide bonds. The summed E-state index contributed by atoms with van der Waals surface area (Å²) < 4.78 is 12.1. The van der Waals surface area contributed by atoms with Crippen LogP contribution < -0.4 is 4.74 Å². The second kappa shape index (κ2) is 6.63. The zero-order valence-corrected chi connectivity index (χ0v) is 14.7. The van der Waals surface area contributed by atoms with Gasteiger partial charge in [0, 0.05) is 17.2 Å². The molecule has 1 aliphatic carbocycles. The van der Waals surface area contributed by atoms with Crippen molar-refractivity contribution in [2.75, 3.05) is 13.7 Å². The number of benzene rings is 1. The van der Waals surface area contributed by atoms with Gasteiger partial charge < -0.3 is 9.47 Å². The Kier molecular flexibility index (Phi) is 4.16. The van der Waals surface area contributed by atoms with Gasteiger partial charge in [0.15, 0.2) is 5.69 Å². The van der Waals surface area contributed by atoms with Gasteiger partial charge in [-0.05, 0) is 31.4 Å². The van der Waals surface area contributed by atoms with Gasteiger partial charge in [-0.2, -0.15) is 5.10 Å². The molecule has 0 aliphatic heterocycles. The zero-order valence-electron chi connectivity index (χ0n) is 14.7.